The van der Waals surface area contributed by atoms with Gasteiger partial charge >= 0.3 is 11.9 Å². The maximum atomic E-state index is 13.8. The number of carboxylic acids is 1. The number of pyridine rings is 1. The number of hydrogen-bond acceptors (Lipinski definition) is 5. The van der Waals surface area contributed by atoms with E-state index in [4.69, 9.17) is 4.84 Å². The number of benzene rings is 2. The number of aromatic carboxylic acids is 1. The number of carboxylic acid groups (broad SMARTS) is 1. The van der Waals surface area contributed by atoms with Gasteiger partial charge in [0.1, 0.15) is 0 Å². The lowest BCUT2D eigenvalue weighted by molar-refractivity contribution is 0.0441. The molecule has 7 nitrogen and oxygen atoms in total. The van der Waals surface area contributed by atoms with Crippen molar-refractivity contribution in [2.24, 2.45) is 0 Å². The summed E-state index contributed by atoms with van der Waals surface area (Å²) in [5.74, 6) is -2.01. The number of unbranched alkanes of at least 4 members (excludes halogenated alkanes) is 10. The van der Waals surface area contributed by atoms with Crippen LogP contribution in [0.5, 0.6) is 0 Å². The molecule has 0 unspecified atom stereocenters. The highest BCUT2D eigenvalue weighted by Gasteiger charge is 2.25. The Hall–Kier alpha value is -3.87. The van der Waals surface area contributed by atoms with Crippen LogP contribution in [0.2, 0.25) is 0 Å². The predicted molar refractivity (Wildman–Crippen MR) is 179 cm³/mol. The average Bonchev–Trinajstić information content (AvgIpc) is 3.01. The van der Waals surface area contributed by atoms with Gasteiger partial charge in [-0.15, -0.1) is 4.73 Å². The van der Waals surface area contributed by atoms with Gasteiger partial charge in [-0.2, -0.15) is 0 Å². The maximum Gasteiger partial charge on any atom is 0.364 e. The topological polar surface area (TPSA) is 88.8 Å². The summed E-state index contributed by atoms with van der Waals surface area (Å²) in [4.78, 5) is 47.1. The summed E-state index contributed by atoms with van der Waals surface area (Å²) in [6.07, 6.45) is 14.7. The molecule has 3 aromatic rings. The predicted octanol–water partition coefficient (Wildman–Crippen LogP) is 8.35. The third kappa shape index (κ3) is 10.1. The number of rotatable bonds is 19. The second-order valence-electron chi connectivity index (χ2n) is 11.9. The van der Waals surface area contributed by atoms with Gasteiger partial charge < -0.3 is 14.8 Å². The van der Waals surface area contributed by atoms with E-state index in [0.29, 0.717) is 23.2 Å². The summed E-state index contributed by atoms with van der Waals surface area (Å²) in [5.41, 5.74) is 3.14. The standard InChI is InChI=1S/C37H50N2O5/c1-5-7-9-11-13-15-18-28-26-30(19-16-14-12-10-8-6-2)35(32(27-28)36(41)42)37(43)44-39-33(20-17-21-34(39)40)29-22-24-31(25-23-29)38(3)4/h17,20-27H,5-16,18-19H2,1-4H3,(H,41,42). The fourth-order valence-electron chi connectivity index (χ4n) is 5.57. The number of hydrogen-bond donors (Lipinski definition) is 1. The summed E-state index contributed by atoms with van der Waals surface area (Å²) in [6, 6.07) is 15.8. The van der Waals surface area contributed by atoms with E-state index in [9.17, 15) is 19.5 Å². The Balaban J connectivity index is 1.94. The monoisotopic (exact) mass is 602 g/mol. The van der Waals surface area contributed by atoms with Gasteiger partial charge in [-0.3, -0.25) is 4.79 Å². The normalized spacial score (nSPS) is 11.0. The Labute approximate surface area is 262 Å². The molecule has 0 saturated heterocycles. The van der Waals surface area contributed by atoms with Crippen molar-refractivity contribution >= 4 is 17.6 Å². The van der Waals surface area contributed by atoms with Gasteiger partial charge in [-0.25, -0.2) is 9.59 Å². The molecule has 0 aliphatic rings. The zero-order valence-corrected chi connectivity index (χ0v) is 27.1. The molecule has 3 rings (SSSR count). The number of carbonyl (C=O) groups is 2. The van der Waals surface area contributed by atoms with Crippen molar-refractivity contribution in [3.05, 3.63) is 87.2 Å². The Kier molecular flexibility index (Phi) is 14.2. The lowest BCUT2D eigenvalue weighted by atomic mass is 9.92. The van der Waals surface area contributed by atoms with Gasteiger partial charge in [-0.05, 0) is 61.1 Å². The Morgan fingerprint density at radius 2 is 1.36 bits per heavy atom. The van der Waals surface area contributed by atoms with Crippen LogP contribution in [-0.2, 0) is 12.8 Å². The summed E-state index contributed by atoms with van der Waals surface area (Å²) in [6.45, 7) is 4.38. The van der Waals surface area contributed by atoms with Gasteiger partial charge in [0.05, 0.1) is 16.8 Å². The molecule has 7 heteroatoms. The van der Waals surface area contributed by atoms with Gasteiger partial charge in [-0.1, -0.05) is 102 Å². The third-order valence-corrected chi connectivity index (χ3v) is 8.10. The average molecular weight is 603 g/mol. The van der Waals surface area contributed by atoms with E-state index in [1.807, 2.05) is 49.3 Å². The van der Waals surface area contributed by atoms with Crippen molar-refractivity contribution in [2.45, 2.75) is 104 Å². The molecule has 0 aliphatic carbocycles. The van der Waals surface area contributed by atoms with Crippen LogP contribution in [-0.4, -0.2) is 35.9 Å². The molecule has 0 fully saturated rings. The van der Waals surface area contributed by atoms with Crippen molar-refractivity contribution in [2.75, 3.05) is 19.0 Å². The first-order chi connectivity index (χ1) is 21.3. The highest BCUT2D eigenvalue weighted by Crippen LogP contribution is 2.25. The molecule has 0 amide bonds. The minimum absolute atomic E-state index is 0.0300. The Morgan fingerprint density at radius 3 is 1.95 bits per heavy atom. The Bertz CT molecular complexity index is 1410. The van der Waals surface area contributed by atoms with Crippen molar-refractivity contribution in [1.29, 1.82) is 0 Å². The second-order valence-corrected chi connectivity index (χ2v) is 11.9. The van der Waals surface area contributed by atoms with Crippen LogP contribution in [0.15, 0.2) is 59.4 Å². The molecule has 0 atom stereocenters. The van der Waals surface area contributed by atoms with E-state index < -0.39 is 17.5 Å². The van der Waals surface area contributed by atoms with Crippen LogP contribution in [0.3, 0.4) is 0 Å². The molecule has 0 spiro atoms. The van der Waals surface area contributed by atoms with E-state index in [2.05, 4.69) is 13.8 Å². The van der Waals surface area contributed by atoms with E-state index in [-0.39, 0.29) is 11.1 Å². The van der Waals surface area contributed by atoms with Gasteiger partial charge in [0.25, 0.3) is 5.56 Å². The lowest BCUT2D eigenvalue weighted by Gasteiger charge is -2.17. The van der Waals surface area contributed by atoms with Crippen LogP contribution >= 0.6 is 0 Å². The highest BCUT2D eigenvalue weighted by molar-refractivity contribution is 6.04. The molecule has 0 aliphatic heterocycles. The molecule has 0 saturated carbocycles. The zero-order valence-electron chi connectivity index (χ0n) is 27.1. The first-order valence-corrected chi connectivity index (χ1v) is 16.4. The smallest absolute Gasteiger partial charge is 0.364 e. The zero-order chi connectivity index (χ0) is 31.9. The highest BCUT2D eigenvalue weighted by atomic mass is 16.7. The number of aryl methyl sites for hydroxylation is 2. The summed E-state index contributed by atoms with van der Waals surface area (Å²) in [7, 11) is 3.88. The van der Waals surface area contributed by atoms with Crippen LogP contribution in [0.25, 0.3) is 11.3 Å². The molecule has 0 radical (unpaired) electrons. The van der Waals surface area contributed by atoms with Gasteiger partial charge in [0.15, 0.2) is 0 Å². The fraction of sp³-hybridized carbons (Fsp3) is 0.486. The van der Waals surface area contributed by atoms with Gasteiger partial charge in [0, 0.05) is 31.4 Å². The minimum Gasteiger partial charge on any atom is -0.478 e. The summed E-state index contributed by atoms with van der Waals surface area (Å²) >= 11 is 0. The minimum atomic E-state index is -1.18. The van der Waals surface area contributed by atoms with E-state index >= 15 is 0 Å². The van der Waals surface area contributed by atoms with E-state index in [0.717, 1.165) is 54.5 Å². The first kappa shape index (κ1) is 34.6. The largest absolute Gasteiger partial charge is 0.478 e. The molecule has 44 heavy (non-hydrogen) atoms. The van der Waals surface area contributed by atoms with Crippen molar-refractivity contribution < 1.29 is 19.5 Å². The Morgan fingerprint density at radius 1 is 0.773 bits per heavy atom. The molecule has 238 valence electrons. The van der Waals surface area contributed by atoms with Crippen molar-refractivity contribution in [3.8, 4) is 11.3 Å². The van der Waals surface area contributed by atoms with Crippen LogP contribution < -0.4 is 15.3 Å². The first-order valence-electron chi connectivity index (χ1n) is 16.4. The number of anilines is 1. The summed E-state index contributed by atoms with van der Waals surface area (Å²) in [5, 5.41) is 10.2. The van der Waals surface area contributed by atoms with Crippen molar-refractivity contribution in [1.82, 2.24) is 4.73 Å². The van der Waals surface area contributed by atoms with Crippen LogP contribution in [0.1, 0.15) is 123 Å². The molecular formula is C37H50N2O5. The number of aromatic nitrogens is 1. The van der Waals surface area contributed by atoms with Gasteiger partial charge in [0.2, 0.25) is 0 Å². The molecular weight excluding hydrogens is 552 g/mol. The molecule has 1 N–H and O–H groups in total. The molecule has 2 aromatic carbocycles. The summed E-state index contributed by atoms with van der Waals surface area (Å²) < 4.78 is 0.970. The SMILES string of the molecule is CCCCCCCCc1cc(CCCCCCCC)c(C(=O)On2c(-c3ccc(N(C)C)cc3)cccc2=O)c(C(=O)O)c1. The van der Waals surface area contributed by atoms with Crippen LogP contribution in [0, 0.1) is 0 Å². The molecule has 1 heterocycles. The second kappa shape index (κ2) is 18.1. The van der Waals surface area contributed by atoms with Crippen LogP contribution in [0.4, 0.5) is 5.69 Å². The van der Waals surface area contributed by atoms with E-state index in [1.165, 1.54) is 51.0 Å². The van der Waals surface area contributed by atoms with Crippen molar-refractivity contribution in [3.63, 3.8) is 0 Å². The third-order valence-electron chi connectivity index (χ3n) is 8.10. The molecule has 1 aromatic heterocycles. The quantitative estimate of drug-likeness (QED) is 0.139. The lowest BCUT2D eigenvalue weighted by Crippen LogP contribution is -2.33. The molecule has 0 bridgehead atoms. The number of carbonyl (C=O) groups excluding carboxylic acids is 1. The van der Waals surface area contributed by atoms with E-state index in [1.54, 1.807) is 18.2 Å². The number of nitrogens with zero attached hydrogens (tertiary/aromatic N) is 2. The maximum absolute atomic E-state index is 13.8. The fourth-order valence-corrected chi connectivity index (χ4v) is 5.57.